The maximum atomic E-state index is 3.78. The van der Waals surface area contributed by atoms with Crippen LogP contribution in [-0.4, -0.2) is 6.04 Å². The molecule has 0 bridgehead atoms. The lowest BCUT2D eigenvalue weighted by atomic mass is 9.84. The van der Waals surface area contributed by atoms with E-state index in [2.05, 4.69) is 49.5 Å². The minimum atomic E-state index is 0.486. The lowest BCUT2D eigenvalue weighted by Crippen LogP contribution is -2.34. The van der Waals surface area contributed by atoms with Gasteiger partial charge in [0.1, 0.15) is 0 Å². The molecule has 0 aliphatic heterocycles. The van der Waals surface area contributed by atoms with Crippen LogP contribution in [0.3, 0.4) is 0 Å². The summed E-state index contributed by atoms with van der Waals surface area (Å²) < 4.78 is 0. The second-order valence-electron chi connectivity index (χ2n) is 5.42. The molecular formula is C16H25N. The highest BCUT2D eigenvalue weighted by Crippen LogP contribution is 2.27. The van der Waals surface area contributed by atoms with Crippen LogP contribution in [0, 0.1) is 5.92 Å². The summed E-state index contributed by atoms with van der Waals surface area (Å²) in [7, 11) is 0. The van der Waals surface area contributed by atoms with Crippen LogP contribution < -0.4 is 5.32 Å². The molecule has 94 valence electrons. The summed E-state index contributed by atoms with van der Waals surface area (Å²) >= 11 is 0. The van der Waals surface area contributed by atoms with E-state index < -0.39 is 0 Å². The fourth-order valence-corrected chi connectivity index (χ4v) is 2.93. The second-order valence-corrected chi connectivity index (χ2v) is 5.42. The maximum Gasteiger partial charge on any atom is 0.0294 e. The maximum absolute atomic E-state index is 3.78. The minimum absolute atomic E-state index is 0.486. The zero-order chi connectivity index (χ0) is 12.1. The average Bonchev–Trinajstić information content (AvgIpc) is 2.40. The molecule has 0 radical (unpaired) electrons. The summed E-state index contributed by atoms with van der Waals surface area (Å²) in [6.07, 6.45) is 6.90. The first-order valence-corrected chi connectivity index (χ1v) is 7.10. The molecule has 1 N–H and O–H groups in total. The molecule has 1 heteroatoms. The van der Waals surface area contributed by atoms with E-state index in [1.165, 1.54) is 37.7 Å². The van der Waals surface area contributed by atoms with Gasteiger partial charge < -0.3 is 5.32 Å². The number of benzene rings is 1. The summed E-state index contributed by atoms with van der Waals surface area (Å²) in [5.74, 6) is 0.986. The van der Waals surface area contributed by atoms with Crippen molar-refractivity contribution >= 4 is 0 Å². The fraction of sp³-hybridized carbons (Fsp3) is 0.625. The molecule has 0 spiro atoms. The van der Waals surface area contributed by atoms with Gasteiger partial charge in [0.25, 0.3) is 0 Å². The summed E-state index contributed by atoms with van der Waals surface area (Å²) in [6, 6.07) is 12.0. The van der Waals surface area contributed by atoms with Crippen molar-refractivity contribution in [1.29, 1.82) is 0 Å². The van der Waals surface area contributed by atoms with E-state index in [1.807, 2.05) is 0 Å². The molecule has 1 fully saturated rings. The van der Waals surface area contributed by atoms with Gasteiger partial charge in [-0.1, -0.05) is 43.7 Å². The zero-order valence-electron chi connectivity index (χ0n) is 11.2. The summed E-state index contributed by atoms with van der Waals surface area (Å²) in [5, 5.41) is 3.78. The van der Waals surface area contributed by atoms with Gasteiger partial charge in [-0.2, -0.15) is 0 Å². The molecule has 1 aromatic carbocycles. The molecule has 1 unspecified atom stereocenters. The molecule has 1 saturated carbocycles. The van der Waals surface area contributed by atoms with Crippen LogP contribution in [0.2, 0.25) is 0 Å². The van der Waals surface area contributed by atoms with Gasteiger partial charge in [-0.15, -0.1) is 0 Å². The number of nitrogens with one attached hydrogen (secondary N) is 1. The second kappa shape index (κ2) is 6.20. The Labute approximate surface area is 106 Å². The molecule has 1 atom stereocenters. The van der Waals surface area contributed by atoms with Gasteiger partial charge in [0, 0.05) is 12.1 Å². The van der Waals surface area contributed by atoms with Crippen LogP contribution >= 0.6 is 0 Å². The average molecular weight is 231 g/mol. The van der Waals surface area contributed by atoms with Gasteiger partial charge >= 0.3 is 0 Å². The van der Waals surface area contributed by atoms with Gasteiger partial charge in [-0.3, -0.25) is 0 Å². The van der Waals surface area contributed by atoms with Gasteiger partial charge in [0.15, 0.2) is 0 Å². The SMILES string of the molecule is CCC1CCC(NC(C)c2ccccc2)CC1. The molecule has 1 aliphatic rings. The lowest BCUT2D eigenvalue weighted by molar-refractivity contribution is 0.273. The van der Waals surface area contributed by atoms with Gasteiger partial charge in [0.2, 0.25) is 0 Å². The molecule has 1 nitrogen and oxygen atoms in total. The van der Waals surface area contributed by atoms with E-state index in [0.29, 0.717) is 6.04 Å². The van der Waals surface area contributed by atoms with Crippen LogP contribution in [0.25, 0.3) is 0 Å². The number of rotatable bonds is 4. The normalized spacial score (nSPS) is 26.7. The zero-order valence-corrected chi connectivity index (χ0v) is 11.2. The molecule has 2 rings (SSSR count). The lowest BCUT2D eigenvalue weighted by Gasteiger charge is -2.31. The Balaban J connectivity index is 1.82. The topological polar surface area (TPSA) is 12.0 Å². The number of hydrogen-bond donors (Lipinski definition) is 1. The van der Waals surface area contributed by atoms with Crippen molar-refractivity contribution in [3.63, 3.8) is 0 Å². The number of hydrogen-bond acceptors (Lipinski definition) is 1. The highest BCUT2D eigenvalue weighted by Gasteiger charge is 2.21. The molecule has 0 aromatic heterocycles. The highest BCUT2D eigenvalue weighted by atomic mass is 14.9. The van der Waals surface area contributed by atoms with Crippen LogP contribution in [0.15, 0.2) is 30.3 Å². The van der Waals surface area contributed by atoms with Gasteiger partial charge in [-0.25, -0.2) is 0 Å². The molecule has 0 amide bonds. The molecule has 1 aliphatic carbocycles. The van der Waals surface area contributed by atoms with Crippen LogP contribution in [0.5, 0.6) is 0 Å². The fourth-order valence-electron chi connectivity index (χ4n) is 2.93. The van der Waals surface area contributed by atoms with E-state index in [1.54, 1.807) is 0 Å². The summed E-state index contributed by atoms with van der Waals surface area (Å²) in [6.45, 7) is 4.60. The van der Waals surface area contributed by atoms with Crippen molar-refractivity contribution in [3.8, 4) is 0 Å². The Hall–Kier alpha value is -0.820. The summed E-state index contributed by atoms with van der Waals surface area (Å²) in [5.41, 5.74) is 1.41. The predicted octanol–water partition coefficient (Wildman–Crippen LogP) is 4.31. The Kier molecular flexibility index (Phi) is 4.61. The Morgan fingerprint density at radius 3 is 2.35 bits per heavy atom. The standard InChI is InChI=1S/C16H25N/c1-3-14-9-11-16(12-10-14)17-13(2)15-7-5-4-6-8-15/h4-8,13-14,16-17H,3,9-12H2,1-2H3. The van der Waals surface area contributed by atoms with E-state index in [-0.39, 0.29) is 0 Å². The Bertz CT molecular complexity index is 312. The van der Waals surface area contributed by atoms with Crippen molar-refractivity contribution in [3.05, 3.63) is 35.9 Å². The van der Waals surface area contributed by atoms with Crippen molar-refractivity contribution in [1.82, 2.24) is 5.32 Å². The third-order valence-electron chi connectivity index (χ3n) is 4.21. The first-order chi connectivity index (χ1) is 8.29. The first-order valence-electron chi connectivity index (χ1n) is 7.10. The van der Waals surface area contributed by atoms with Crippen LogP contribution in [-0.2, 0) is 0 Å². The smallest absolute Gasteiger partial charge is 0.0294 e. The molecular weight excluding hydrogens is 206 g/mol. The van der Waals surface area contributed by atoms with E-state index in [4.69, 9.17) is 0 Å². The Morgan fingerprint density at radius 1 is 1.12 bits per heavy atom. The van der Waals surface area contributed by atoms with Gasteiger partial charge in [-0.05, 0) is 44.1 Å². The van der Waals surface area contributed by atoms with Crippen LogP contribution in [0.1, 0.15) is 57.6 Å². The predicted molar refractivity (Wildman–Crippen MR) is 74.0 cm³/mol. The summed E-state index contributed by atoms with van der Waals surface area (Å²) in [4.78, 5) is 0. The van der Waals surface area contributed by atoms with E-state index in [9.17, 15) is 0 Å². The van der Waals surface area contributed by atoms with Crippen LogP contribution in [0.4, 0.5) is 0 Å². The highest BCUT2D eigenvalue weighted by molar-refractivity contribution is 5.18. The van der Waals surface area contributed by atoms with E-state index in [0.717, 1.165) is 12.0 Å². The third kappa shape index (κ3) is 3.57. The molecule has 17 heavy (non-hydrogen) atoms. The minimum Gasteiger partial charge on any atom is -0.307 e. The quantitative estimate of drug-likeness (QED) is 0.814. The molecule has 0 saturated heterocycles. The molecule has 0 heterocycles. The molecule has 1 aromatic rings. The van der Waals surface area contributed by atoms with Gasteiger partial charge in [0.05, 0.1) is 0 Å². The largest absolute Gasteiger partial charge is 0.307 e. The van der Waals surface area contributed by atoms with Crippen molar-refractivity contribution in [2.24, 2.45) is 5.92 Å². The Morgan fingerprint density at radius 2 is 1.76 bits per heavy atom. The van der Waals surface area contributed by atoms with Crippen molar-refractivity contribution in [2.75, 3.05) is 0 Å². The van der Waals surface area contributed by atoms with Crippen molar-refractivity contribution < 1.29 is 0 Å². The van der Waals surface area contributed by atoms with Crippen molar-refractivity contribution in [2.45, 2.75) is 58.0 Å². The third-order valence-corrected chi connectivity index (χ3v) is 4.21. The monoisotopic (exact) mass is 231 g/mol. The first kappa shape index (κ1) is 12.6. The van der Waals surface area contributed by atoms with E-state index >= 15 is 0 Å².